The number of aromatic nitrogens is 4. The number of ether oxygens (including phenoxy) is 5. The summed E-state index contributed by atoms with van der Waals surface area (Å²) in [6.45, 7) is 0.224. The molecular formula is C40H41N5O9. The number of fused-ring (bicyclic) bond motifs is 1. The maximum atomic E-state index is 13.4. The van der Waals surface area contributed by atoms with Crippen LogP contribution in [-0.4, -0.2) is 76.4 Å². The average molecular weight is 736 g/mol. The van der Waals surface area contributed by atoms with Gasteiger partial charge in [0.25, 0.3) is 0 Å². The second-order valence-electron chi connectivity index (χ2n) is 13.2. The molecule has 2 saturated heterocycles. The van der Waals surface area contributed by atoms with Crippen molar-refractivity contribution in [2.45, 2.75) is 56.5 Å². The number of amides is 2. The monoisotopic (exact) mass is 735 g/mol. The number of carbonyl (C=O) groups excluding carboxylic acids is 2. The largest absolute Gasteiger partial charge is 0.497 e. The summed E-state index contributed by atoms with van der Waals surface area (Å²) in [6.07, 6.45) is 3.74. The molecule has 14 nitrogen and oxygen atoms in total. The van der Waals surface area contributed by atoms with E-state index in [1.54, 1.807) is 32.2 Å². The lowest BCUT2D eigenvalue weighted by Crippen LogP contribution is -2.46. The van der Waals surface area contributed by atoms with Crippen LogP contribution in [0.3, 0.4) is 0 Å². The number of hydrogen-bond acceptors (Lipinski definition) is 11. The lowest BCUT2D eigenvalue weighted by molar-refractivity contribution is -0.137. The summed E-state index contributed by atoms with van der Waals surface area (Å²) in [6, 6.07) is 23.4. The highest BCUT2D eigenvalue weighted by Crippen LogP contribution is 2.43. The molecule has 2 aliphatic rings. The molecule has 3 atom stereocenters. The molecule has 2 aromatic heterocycles. The van der Waals surface area contributed by atoms with Crippen LogP contribution >= 0.6 is 0 Å². The van der Waals surface area contributed by atoms with E-state index < -0.39 is 35.5 Å². The Bertz CT molecular complexity index is 2000. The van der Waals surface area contributed by atoms with Crippen LogP contribution in [0.1, 0.15) is 61.4 Å². The van der Waals surface area contributed by atoms with Crippen molar-refractivity contribution in [2.75, 3.05) is 32.8 Å². The molecule has 4 heterocycles. The Balaban J connectivity index is 1.17. The van der Waals surface area contributed by atoms with E-state index in [1.807, 2.05) is 72.8 Å². The summed E-state index contributed by atoms with van der Waals surface area (Å²) in [7, 11) is 4.88. The smallest absolute Gasteiger partial charge is 0.303 e. The number of imide groups is 1. The fourth-order valence-electron chi connectivity index (χ4n) is 7.30. The highest BCUT2D eigenvalue weighted by Gasteiger charge is 2.41. The highest BCUT2D eigenvalue weighted by molar-refractivity contribution is 6.19. The predicted octanol–water partition coefficient (Wildman–Crippen LogP) is 5.67. The van der Waals surface area contributed by atoms with E-state index in [9.17, 15) is 14.4 Å². The van der Waals surface area contributed by atoms with Crippen LogP contribution in [0.25, 0.3) is 11.2 Å². The van der Waals surface area contributed by atoms with Crippen molar-refractivity contribution < 1.29 is 43.2 Å². The van der Waals surface area contributed by atoms with E-state index in [-0.39, 0.29) is 43.3 Å². The zero-order valence-corrected chi connectivity index (χ0v) is 30.2. The van der Waals surface area contributed by atoms with E-state index in [0.717, 1.165) is 21.6 Å². The number of carboxylic acid groups (broad SMARTS) is 1. The summed E-state index contributed by atoms with van der Waals surface area (Å²) >= 11 is 0. The van der Waals surface area contributed by atoms with Gasteiger partial charge in [-0.25, -0.2) is 19.9 Å². The van der Waals surface area contributed by atoms with Gasteiger partial charge in [-0.2, -0.15) is 0 Å². The number of methoxy groups -OCH3 is 3. The molecule has 1 N–H and O–H groups in total. The van der Waals surface area contributed by atoms with E-state index in [1.165, 1.54) is 6.33 Å². The van der Waals surface area contributed by atoms with Gasteiger partial charge in [0.2, 0.25) is 11.8 Å². The number of piperidine rings is 1. The third-order valence-corrected chi connectivity index (χ3v) is 10.2. The first-order valence-corrected chi connectivity index (χ1v) is 17.7. The molecule has 280 valence electrons. The molecule has 3 unspecified atom stereocenters. The minimum absolute atomic E-state index is 0.0786. The van der Waals surface area contributed by atoms with E-state index in [4.69, 9.17) is 28.8 Å². The molecule has 3 aromatic carbocycles. The number of benzene rings is 3. The molecule has 54 heavy (non-hydrogen) atoms. The van der Waals surface area contributed by atoms with Gasteiger partial charge in [0.05, 0.1) is 40.4 Å². The van der Waals surface area contributed by atoms with Gasteiger partial charge < -0.3 is 28.8 Å². The Morgan fingerprint density at radius 2 is 1.39 bits per heavy atom. The number of anilines is 1. The quantitative estimate of drug-likeness (QED) is 0.110. The number of carbonyl (C=O) groups is 3. The van der Waals surface area contributed by atoms with Crippen molar-refractivity contribution in [3.05, 3.63) is 102 Å². The van der Waals surface area contributed by atoms with Crippen molar-refractivity contribution in [2.24, 2.45) is 5.92 Å². The Labute approximate surface area is 311 Å². The molecule has 0 spiro atoms. The maximum absolute atomic E-state index is 13.4. The van der Waals surface area contributed by atoms with Crippen molar-refractivity contribution in [1.82, 2.24) is 19.5 Å². The second kappa shape index (κ2) is 15.6. The van der Waals surface area contributed by atoms with Crippen LogP contribution in [0, 0.1) is 5.92 Å². The maximum Gasteiger partial charge on any atom is 0.303 e. The van der Waals surface area contributed by atoms with Crippen molar-refractivity contribution in [3.63, 3.8) is 0 Å². The van der Waals surface area contributed by atoms with Gasteiger partial charge in [0, 0.05) is 18.8 Å². The number of aliphatic carboxylic acids is 1. The van der Waals surface area contributed by atoms with Crippen LogP contribution in [0.4, 0.5) is 5.82 Å². The molecule has 0 aliphatic carbocycles. The Morgan fingerprint density at radius 3 is 1.93 bits per heavy atom. The Morgan fingerprint density at radius 1 is 0.815 bits per heavy atom. The Kier molecular flexibility index (Phi) is 10.6. The summed E-state index contributed by atoms with van der Waals surface area (Å²) < 4.78 is 31.9. The standard InChI is InChI=1S/C40H41N5O9/c1-50-29-12-6-26(7-13-29)40(27-8-14-30(51-2)15-9-27,28-10-16-31(52-3)17-11-28)53-22-32-18-20-34(54-32)44-24-43-36-37(44)41-23-42-38(36)45-33(46)19-4-25(39(45)49)5-21-35(47)48/h6-17,23-25,32,34H,4-5,18-22H2,1-3H3,(H,47,48). The van der Waals surface area contributed by atoms with E-state index >= 15 is 0 Å². The van der Waals surface area contributed by atoms with Gasteiger partial charge in [-0.1, -0.05) is 36.4 Å². The van der Waals surface area contributed by atoms with E-state index in [2.05, 4.69) is 15.0 Å². The number of carboxylic acids is 1. The molecule has 0 saturated carbocycles. The topological polar surface area (TPSA) is 164 Å². The van der Waals surface area contributed by atoms with Crippen LogP contribution in [0.5, 0.6) is 17.2 Å². The van der Waals surface area contributed by atoms with Crippen LogP contribution in [0.15, 0.2) is 85.5 Å². The van der Waals surface area contributed by atoms with E-state index in [0.29, 0.717) is 42.2 Å². The first kappa shape index (κ1) is 36.5. The van der Waals surface area contributed by atoms with Gasteiger partial charge in [-0.05, 0) is 78.8 Å². The molecule has 7 rings (SSSR count). The fraction of sp³-hybridized carbons (Fsp3) is 0.350. The zero-order chi connectivity index (χ0) is 37.8. The van der Waals surface area contributed by atoms with Crippen LogP contribution in [0.2, 0.25) is 0 Å². The second-order valence-corrected chi connectivity index (χ2v) is 13.2. The van der Waals surface area contributed by atoms with Crippen LogP contribution < -0.4 is 19.1 Å². The van der Waals surface area contributed by atoms with Gasteiger partial charge in [0.15, 0.2) is 17.0 Å². The van der Waals surface area contributed by atoms with Crippen LogP contribution in [-0.2, 0) is 29.5 Å². The Hall–Kier alpha value is -5.86. The normalized spacial score (nSPS) is 18.9. The van der Waals surface area contributed by atoms with Gasteiger partial charge in [-0.15, -0.1) is 0 Å². The third-order valence-electron chi connectivity index (χ3n) is 10.2. The lowest BCUT2D eigenvalue weighted by Gasteiger charge is -2.37. The van der Waals surface area contributed by atoms with Gasteiger partial charge in [0.1, 0.15) is 35.4 Å². The number of rotatable bonds is 14. The minimum atomic E-state index is -1.06. The number of hydrogen-bond donors (Lipinski definition) is 1. The lowest BCUT2D eigenvalue weighted by atomic mass is 9.80. The SMILES string of the molecule is COc1ccc(C(OCC2CCC(n3cnc4c(N5C(=O)CCC(CCC(=O)O)C5=O)ncnc43)O2)(c2ccc(OC)cc2)c2ccc(OC)cc2)cc1. The molecule has 2 amide bonds. The summed E-state index contributed by atoms with van der Waals surface area (Å²) in [5, 5.41) is 9.16. The van der Waals surface area contributed by atoms with Crippen molar-refractivity contribution in [1.29, 1.82) is 0 Å². The summed E-state index contributed by atoms with van der Waals surface area (Å²) in [5.41, 5.74) is 2.26. The fourth-order valence-corrected chi connectivity index (χ4v) is 7.30. The first-order chi connectivity index (χ1) is 26.2. The molecule has 0 bridgehead atoms. The molecule has 2 fully saturated rings. The van der Waals surface area contributed by atoms with Gasteiger partial charge in [-0.3, -0.25) is 19.0 Å². The summed E-state index contributed by atoms with van der Waals surface area (Å²) in [5.74, 6) is -0.278. The average Bonchev–Trinajstić information content (AvgIpc) is 3.86. The number of nitrogens with zero attached hydrogens (tertiary/aromatic N) is 5. The first-order valence-electron chi connectivity index (χ1n) is 17.7. The molecular weight excluding hydrogens is 694 g/mol. The van der Waals surface area contributed by atoms with Crippen molar-refractivity contribution >= 4 is 34.8 Å². The molecule has 2 aliphatic heterocycles. The molecule has 14 heteroatoms. The minimum Gasteiger partial charge on any atom is -0.497 e. The zero-order valence-electron chi connectivity index (χ0n) is 30.2. The highest BCUT2D eigenvalue weighted by atomic mass is 16.6. The van der Waals surface area contributed by atoms with Gasteiger partial charge >= 0.3 is 5.97 Å². The predicted molar refractivity (Wildman–Crippen MR) is 195 cm³/mol. The van der Waals surface area contributed by atoms with Crippen molar-refractivity contribution in [3.8, 4) is 17.2 Å². The summed E-state index contributed by atoms with van der Waals surface area (Å²) in [4.78, 5) is 51.9. The molecule has 5 aromatic rings. The third kappa shape index (κ3) is 6.97. The number of imidazole rings is 1. The molecule has 0 radical (unpaired) electrons.